The van der Waals surface area contributed by atoms with Crippen LogP contribution in [-0.2, 0) is 0 Å². The van der Waals surface area contributed by atoms with E-state index in [1.165, 1.54) is 38.3 Å². The number of anilines is 1. The van der Waals surface area contributed by atoms with Crippen LogP contribution in [0.15, 0.2) is 18.3 Å². The van der Waals surface area contributed by atoms with E-state index in [-0.39, 0.29) is 5.82 Å². The molecule has 0 saturated heterocycles. The van der Waals surface area contributed by atoms with Crippen molar-refractivity contribution in [3.8, 4) is 0 Å². The van der Waals surface area contributed by atoms with Gasteiger partial charge in [-0.15, -0.1) is 0 Å². The van der Waals surface area contributed by atoms with Gasteiger partial charge in [0.1, 0.15) is 11.9 Å². The number of nitro groups is 1. The lowest BCUT2D eigenvalue weighted by molar-refractivity contribution is -0.388. The fourth-order valence-corrected chi connectivity index (χ4v) is 2.78. The molecule has 5 heteroatoms. The minimum absolute atomic E-state index is 0.0789. The second-order valence-electron chi connectivity index (χ2n) is 5.31. The van der Waals surface area contributed by atoms with Crippen LogP contribution < -0.4 is 5.32 Å². The van der Waals surface area contributed by atoms with Crippen LogP contribution in [0.2, 0.25) is 0 Å². The molecule has 1 aliphatic carbocycles. The van der Waals surface area contributed by atoms with E-state index in [9.17, 15) is 10.1 Å². The monoisotopic (exact) mass is 263 g/mol. The number of hydrogen-bond acceptors (Lipinski definition) is 4. The summed E-state index contributed by atoms with van der Waals surface area (Å²) in [5.41, 5.74) is 0.533. The van der Waals surface area contributed by atoms with E-state index in [1.807, 2.05) is 0 Å². The Bertz CT molecular complexity index is 428. The van der Waals surface area contributed by atoms with Crippen molar-refractivity contribution in [2.75, 3.05) is 11.9 Å². The van der Waals surface area contributed by atoms with Crippen LogP contribution in [-0.4, -0.2) is 16.5 Å². The van der Waals surface area contributed by atoms with E-state index in [0.717, 1.165) is 12.5 Å². The highest BCUT2D eigenvalue weighted by Gasteiger charge is 2.21. The van der Waals surface area contributed by atoms with E-state index in [1.54, 1.807) is 12.1 Å². The molecule has 104 valence electrons. The van der Waals surface area contributed by atoms with Crippen molar-refractivity contribution in [3.63, 3.8) is 0 Å². The lowest BCUT2D eigenvalue weighted by Gasteiger charge is -2.28. The summed E-state index contributed by atoms with van der Waals surface area (Å²) in [6, 6.07) is 3.45. The molecule has 0 amide bonds. The summed E-state index contributed by atoms with van der Waals surface area (Å²) >= 11 is 0. The van der Waals surface area contributed by atoms with Gasteiger partial charge in [0.25, 0.3) is 0 Å². The summed E-state index contributed by atoms with van der Waals surface area (Å²) in [4.78, 5) is 14.2. The molecule has 0 aromatic carbocycles. The van der Waals surface area contributed by atoms with Crippen LogP contribution in [0.4, 0.5) is 11.5 Å². The minimum Gasteiger partial charge on any atom is -0.378 e. The van der Waals surface area contributed by atoms with Crippen LogP contribution in [0.5, 0.6) is 0 Å². The average Bonchev–Trinajstić information content (AvgIpc) is 2.46. The van der Waals surface area contributed by atoms with Crippen molar-refractivity contribution in [3.05, 3.63) is 28.4 Å². The molecular weight excluding hydrogens is 242 g/mol. The fraction of sp³-hybridized carbons (Fsp3) is 0.643. The van der Waals surface area contributed by atoms with Crippen LogP contribution in [0.25, 0.3) is 0 Å². The quantitative estimate of drug-likeness (QED) is 0.650. The maximum absolute atomic E-state index is 10.9. The van der Waals surface area contributed by atoms with Crippen molar-refractivity contribution >= 4 is 11.5 Å². The Balaban J connectivity index is 1.88. The van der Waals surface area contributed by atoms with Crippen molar-refractivity contribution in [2.45, 2.75) is 39.0 Å². The topological polar surface area (TPSA) is 68.1 Å². The maximum Gasteiger partial charge on any atom is 0.386 e. The molecule has 1 saturated carbocycles. The summed E-state index contributed by atoms with van der Waals surface area (Å²) in [5.74, 6) is 1.43. The lowest BCUT2D eigenvalue weighted by atomic mass is 9.81. The molecule has 19 heavy (non-hydrogen) atoms. The summed E-state index contributed by atoms with van der Waals surface area (Å²) < 4.78 is 0. The first-order chi connectivity index (χ1) is 9.20. The smallest absolute Gasteiger partial charge is 0.378 e. The number of rotatable bonds is 5. The van der Waals surface area contributed by atoms with Crippen LogP contribution in [0, 0.1) is 22.0 Å². The number of aromatic nitrogens is 1. The zero-order valence-corrected chi connectivity index (χ0v) is 11.3. The van der Waals surface area contributed by atoms with Gasteiger partial charge in [-0.2, -0.15) is 0 Å². The standard InChI is InChI=1S/C14H21N3O2/c1-2-11-5-7-12(8-6-11)10-16-13-4-3-9-15-14(13)17(18)19/h3-4,9,11-12,16H,2,5-8,10H2,1H3. The molecule has 0 atom stereocenters. The molecule has 0 aliphatic heterocycles. The van der Waals surface area contributed by atoms with Gasteiger partial charge in [-0.3, -0.25) is 0 Å². The largest absolute Gasteiger partial charge is 0.386 e. The molecule has 1 N–H and O–H groups in total. The van der Waals surface area contributed by atoms with Gasteiger partial charge in [-0.05, 0) is 46.7 Å². The van der Waals surface area contributed by atoms with Gasteiger partial charge in [0, 0.05) is 6.54 Å². The van der Waals surface area contributed by atoms with Crippen molar-refractivity contribution in [1.29, 1.82) is 0 Å². The first-order valence-electron chi connectivity index (χ1n) is 7.04. The van der Waals surface area contributed by atoms with Gasteiger partial charge in [-0.25, -0.2) is 0 Å². The predicted octanol–water partition coefficient (Wildman–Crippen LogP) is 3.62. The molecule has 0 spiro atoms. The summed E-state index contributed by atoms with van der Waals surface area (Å²) in [7, 11) is 0. The second-order valence-corrected chi connectivity index (χ2v) is 5.31. The third-order valence-electron chi connectivity index (χ3n) is 4.08. The molecule has 1 heterocycles. The number of pyridine rings is 1. The molecule has 1 aliphatic rings. The molecule has 5 nitrogen and oxygen atoms in total. The second kappa shape index (κ2) is 6.50. The van der Waals surface area contributed by atoms with Gasteiger partial charge in [-0.1, -0.05) is 26.2 Å². The highest BCUT2D eigenvalue weighted by atomic mass is 16.6. The first kappa shape index (κ1) is 13.8. The highest BCUT2D eigenvalue weighted by molar-refractivity contribution is 5.56. The Morgan fingerprint density at radius 1 is 1.37 bits per heavy atom. The Morgan fingerprint density at radius 2 is 2.05 bits per heavy atom. The van der Waals surface area contributed by atoms with Crippen molar-refractivity contribution in [1.82, 2.24) is 4.98 Å². The van der Waals surface area contributed by atoms with Crippen molar-refractivity contribution in [2.24, 2.45) is 11.8 Å². The zero-order valence-electron chi connectivity index (χ0n) is 11.3. The molecule has 2 rings (SSSR count). The van der Waals surface area contributed by atoms with Gasteiger partial charge in [0.05, 0.1) is 0 Å². The Hall–Kier alpha value is -1.65. The van der Waals surface area contributed by atoms with E-state index in [2.05, 4.69) is 17.2 Å². The molecule has 1 aromatic rings. The van der Waals surface area contributed by atoms with E-state index >= 15 is 0 Å². The summed E-state index contributed by atoms with van der Waals surface area (Å²) in [6.07, 6.45) is 7.75. The molecule has 0 unspecified atom stereocenters. The van der Waals surface area contributed by atoms with Gasteiger partial charge in [0.15, 0.2) is 0 Å². The number of hydrogen-bond donors (Lipinski definition) is 1. The van der Waals surface area contributed by atoms with E-state index in [4.69, 9.17) is 0 Å². The summed E-state index contributed by atoms with van der Waals surface area (Å²) in [6.45, 7) is 3.06. The van der Waals surface area contributed by atoms with Gasteiger partial charge in [0.2, 0.25) is 0 Å². The minimum atomic E-state index is -0.434. The SMILES string of the molecule is CCC1CCC(CNc2cccnc2[N+](=O)[O-])CC1. The third kappa shape index (κ3) is 3.66. The van der Waals surface area contributed by atoms with E-state index in [0.29, 0.717) is 11.6 Å². The van der Waals surface area contributed by atoms with E-state index < -0.39 is 4.92 Å². The summed E-state index contributed by atoms with van der Waals surface area (Å²) in [5, 5.41) is 14.1. The molecule has 0 radical (unpaired) electrons. The fourth-order valence-electron chi connectivity index (χ4n) is 2.78. The lowest BCUT2D eigenvalue weighted by Crippen LogP contribution is -2.21. The Kier molecular flexibility index (Phi) is 4.71. The normalized spacial score (nSPS) is 23.0. The molecule has 1 aromatic heterocycles. The Morgan fingerprint density at radius 3 is 2.68 bits per heavy atom. The zero-order chi connectivity index (χ0) is 13.7. The predicted molar refractivity (Wildman–Crippen MR) is 75.1 cm³/mol. The molecule has 1 fully saturated rings. The molecule has 0 bridgehead atoms. The third-order valence-corrected chi connectivity index (χ3v) is 4.08. The first-order valence-corrected chi connectivity index (χ1v) is 7.04. The Labute approximate surface area is 113 Å². The average molecular weight is 263 g/mol. The van der Waals surface area contributed by atoms with Crippen LogP contribution >= 0.6 is 0 Å². The number of nitrogens with one attached hydrogen (secondary N) is 1. The van der Waals surface area contributed by atoms with Gasteiger partial charge < -0.3 is 15.4 Å². The number of nitrogens with zero attached hydrogens (tertiary/aromatic N) is 2. The van der Waals surface area contributed by atoms with Gasteiger partial charge >= 0.3 is 5.82 Å². The highest BCUT2D eigenvalue weighted by Crippen LogP contribution is 2.31. The van der Waals surface area contributed by atoms with Crippen LogP contribution in [0.1, 0.15) is 39.0 Å². The molecular formula is C14H21N3O2. The maximum atomic E-state index is 10.9. The van der Waals surface area contributed by atoms with Crippen molar-refractivity contribution < 1.29 is 4.92 Å². The van der Waals surface area contributed by atoms with Crippen LogP contribution in [0.3, 0.4) is 0 Å².